The van der Waals surface area contributed by atoms with Crippen LogP contribution in [0, 0.1) is 6.92 Å². The summed E-state index contributed by atoms with van der Waals surface area (Å²) >= 11 is 0. The number of carbonyl (C=O) groups is 1. The monoisotopic (exact) mass is 270 g/mol. The maximum Gasteiger partial charge on any atom is 0.255 e. The molecule has 0 spiro atoms. The van der Waals surface area contributed by atoms with E-state index >= 15 is 0 Å². The van der Waals surface area contributed by atoms with E-state index in [1.807, 2.05) is 13.8 Å². The Bertz CT molecular complexity index is 547. The predicted molar refractivity (Wildman–Crippen MR) is 69.3 cm³/mol. The minimum absolute atomic E-state index is 0.0849. The second-order valence-electron chi connectivity index (χ2n) is 4.66. The lowest BCUT2D eigenvalue weighted by Gasteiger charge is -2.26. The second kappa shape index (κ2) is 4.76. The first-order valence-electron chi connectivity index (χ1n) is 6.10. The Morgan fingerprint density at radius 2 is 2.28 bits per heavy atom. The first-order chi connectivity index (χ1) is 8.44. The quantitative estimate of drug-likeness (QED) is 0.889. The molecule has 0 saturated carbocycles. The summed E-state index contributed by atoms with van der Waals surface area (Å²) < 4.78 is 23.0. The highest BCUT2D eigenvalue weighted by Crippen LogP contribution is 2.20. The lowest BCUT2D eigenvalue weighted by atomic mass is 10.1. The van der Waals surface area contributed by atoms with Gasteiger partial charge in [0.1, 0.15) is 0 Å². The molecular formula is C12H18N2O3S. The van der Waals surface area contributed by atoms with E-state index in [1.165, 1.54) is 0 Å². The van der Waals surface area contributed by atoms with E-state index in [0.717, 1.165) is 5.69 Å². The molecule has 0 aliphatic carbocycles. The van der Waals surface area contributed by atoms with E-state index in [-0.39, 0.29) is 23.5 Å². The number of rotatable bonds is 3. The molecule has 1 aromatic heterocycles. The number of hydrogen-bond donors (Lipinski definition) is 1. The standard InChI is InChI=1S/C12H18N2O3S/c1-3-14(10-5-7-18(16,17)8-10)12(15)11-4-6-13-9(11)2/h4,6,10,13H,3,5,7-8H2,1-2H3. The average Bonchev–Trinajstić information content (AvgIpc) is 2.86. The smallest absolute Gasteiger partial charge is 0.255 e. The van der Waals surface area contributed by atoms with Crippen molar-refractivity contribution in [1.82, 2.24) is 9.88 Å². The molecule has 1 aliphatic heterocycles. The molecule has 1 fully saturated rings. The van der Waals surface area contributed by atoms with Crippen molar-refractivity contribution in [2.45, 2.75) is 26.3 Å². The maximum absolute atomic E-state index is 12.4. The van der Waals surface area contributed by atoms with Crippen LogP contribution in [0.2, 0.25) is 0 Å². The van der Waals surface area contributed by atoms with Gasteiger partial charge >= 0.3 is 0 Å². The minimum atomic E-state index is -2.96. The van der Waals surface area contributed by atoms with Gasteiger partial charge in [0, 0.05) is 24.5 Å². The molecule has 1 aliphatic rings. The lowest BCUT2D eigenvalue weighted by molar-refractivity contribution is 0.0708. The van der Waals surface area contributed by atoms with Crippen molar-refractivity contribution in [2.75, 3.05) is 18.1 Å². The predicted octanol–water partition coefficient (Wildman–Crippen LogP) is 0.972. The van der Waals surface area contributed by atoms with Crippen molar-refractivity contribution in [2.24, 2.45) is 0 Å². The molecule has 18 heavy (non-hydrogen) atoms. The molecule has 1 aromatic rings. The molecule has 5 nitrogen and oxygen atoms in total. The van der Waals surface area contributed by atoms with Crippen molar-refractivity contribution in [3.63, 3.8) is 0 Å². The van der Waals surface area contributed by atoms with Crippen LogP contribution >= 0.6 is 0 Å². The van der Waals surface area contributed by atoms with Crippen molar-refractivity contribution in [3.05, 3.63) is 23.5 Å². The number of aryl methyl sites for hydroxylation is 1. The lowest BCUT2D eigenvalue weighted by Crippen LogP contribution is -2.41. The van der Waals surface area contributed by atoms with Crippen LogP contribution in [0.25, 0.3) is 0 Å². The van der Waals surface area contributed by atoms with Gasteiger partial charge in [0.25, 0.3) is 5.91 Å². The van der Waals surface area contributed by atoms with Gasteiger partial charge in [0.05, 0.1) is 17.1 Å². The molecule has 6 heteroatoms. The molecule has 0 bridgehead atoms. The fourth-order valence-electron chi connectivity index (χ4n) is 2.43. The number of aromatic amines is 1. The molecule has 1 saturated heterocycles. The van der Waals surface area contributed by atoms with Crippen LogP contribution in [0.5, 0.6) is 0 Å². The summed E-state index contributed by atoms with van der Waals surface area (Å²) in [5.41, 5.74) is 1.44. The number of nitrogens with one attached hydrogen (secondary N) is 1. The molecule has 2 rings (SSSR count). The zero-order valence-corrected chi connectivity index (χ0v) is 11.5. The van der Waals surface area contributed by atoms with Gasteiger partial charge < -0.3 is 9.88 Å². The maximum atomic E-state index is 12.4. The molecular weight excluding hydrogens is 252 g/mol. The van der Waals surface area contributed by atoms with Crippen LogP contribution in [0.15, 0.2) is 12.3 Å². The third-order valence-electron chi connectivity index (χ3n) is 3.43. The molecule has 0 aromatic carbocycles. The highest BCUT2D eigenvalue weighted by atomic mass is 32.2. The summed E-state index contributed by atoms with van der Waals surface area (Å²) in [6, 6.07) is 1.56. The van der Waals surface area contributed by atoms with Gasteiger partial charge in [-0.3, -0.25) is 4.79 Å². The summed E-state index contributed by atoms with van der Waals surface area (Å²) in [6.07, 6.45) is 2.27. The molecule has 1 atom stereocenters. The fraction of sp³-hybridized carbons (Fsp3) is 0.583. The summed E-state index contributed by atoms with van der Waals surface area (Å²) in [7, 11) is -2.96. The van der Waals surface area contributed by atoms with Crippen LogP contribution < -0.4 is 0 Å². The van der Waals surface area contributed by atoms with Gasteiger partial charge in [0.15, 0.2) is 9.84 Å². The Balaban J connectivity index is 2.20. The summed E-state index contributed by atoms with van der Waals surface area (Å²) in [5.74, 6) is 0.197. The minimum Gasteiger partial charge on any atom is -0.365 e. The third-order valence-corrected chi connectivity index (χ3v) is 5.19. The van der Waals surface area contributed by atoms with Crippen molar-refractivity contribution in [1.29, 1.82) is 0 Å². The van der Waals surface area contributed by atoms with Crippen LogP contribution in [0.1, 0.15) is 29.4 Å². The normalized spacial score (nSPS) is 22.0. The molecule has 1 amide bonds. The van der Waals surface area contributed by atoms with Crippen LogP contribution in [-0.4, -0.2) is 48.3 Å². The molecule has 2 heterocycles. The summed E-state index contributed by atoms with van der Waals surface area (Å²) in [6.45, 7) is 4.25. The average molecular weight is 270 g/mol. The number of amides is 1. The second-order valence-corrected chi connectivity index (χ2v) is 6.89. The van der Waals surface area contributed by atoms with E-state index in [9.17, 15) is 13.2 Å². The Hall–Kier alpha value is -1.30. The number of H-pyrrole nitrogens is 1. The fourth-order valence-corrected chi connectivity index (χ4v) is 4.16. The van der Waals surface area contributed by atoms with E-state index in [4.69, 9.17) is 0 Å². The Kier molecular flexibility index (Phi) is 3.47. The zero-order chi connectivity index (χ0) is 13.3. The topological polar surface area (TPSA) is 70.2 Å². The van der Waals surface area contributed by atoms with E-state index in [0.29, 0.717) is 18.5 Å². The van der Waals surface area contributed by atoms with E-state index in [2.05, 4.69) is 4.98 Å². The van der Waals surface area contributed by atoms with Crippen molar-refractivity contribution >= 4 is 15.7 Å². The van der Waals surface area contributed by atoms with Gasteiger partial charge in [-0.15, -0.1) is 0 Å². The van der Waals surface area contributed by atoms with Crippen LogP contribution in [0.3, 0.4) is 0 Å². The Labute approximate surface area is 107 Å². The SMILES string of the molecule is CCN(C(=O)c1cc[nH]c1C)C1CCS(=O)(=O)C1. The van der Waals surface area contributed by atoms with Gasteiger partial charge in [0.2, 0.25) is 0 Å². The highest BCUT2D eigenvalue weighted by Gasteiger charge is 2.34. The van der Waals surface area contributed by atoms with Crippen LogP contribution in [0.4, 0.5) is 0 Å². The van der Waals surface area contributed by atoms with Gasteiger partial charge in [-0.1, -0.05) is 0 Å². The van der Waals surface area contributed by atoms with Gasteiger partial charge in [-0.05, 0) is 26.3 Å². The molecule has 1 N–H and O–H groups in total. The van der Waals surface area contributed by atoms with Gasteiger partial charge in [-0.2, -0.15) is 0 Å². The van der Waals surface area contributed by atoms with E-state index in [1.54, 1.807) is 17.2 Å². The van der Waals surface area contributed by atoms with Gasteiger partial charge in [-0.25, -0.2) is 8.42 Å². The van der Waals surface area contributed by atoms with Crippen molar-refractivity contribution in [3.8, 4) is 0 Å². The number of aromatic nitrogens is 1. The highest BCUT2D eigenvalue weighted by molar-refractivity contribution is 7.91. The third kappa shape index (κ3) is 2.43. The first-order valence-corrected chi connectivity index (χ1v) is 7.92. The number of carbonyl (C=O) groups excluding carboxylic acids is 1. The molecule has 1 unspecified atom stereocenters. The number of nitrogens with zero attached hydrogens (tertiary/aromatic N) is 1. The number of sulfone groups is 1. The zero-order valence-electron chi connectivity index (χ0n) is 10.6. The van der Waals surface area contributed by atoms with Crippen molar-refractivity contribution < 1.29 is 13.2 Å². The molecule has 100 valence electrons. The Morgan fingerprint density at radius 3 is 2.72 bits per heavy atom. The van der Waals surface area contributed by atoms with E-state index < -0.39 is 9.84 Å². The first kappa shape index (κ1) is 13.1. The summed E-state index contributed by atoms with van der Waals surface area (Å²) in [4.78, 5) is 17.0. The summed E-state index contributed by atoms with van der Waals surface area (Å²) in [5, 5.41) is 0. The molecule has 0 radical (unpaired) electrons. The largest absolute Gasteiger partial charge is 0.365 e. The van der Waals surface area contributed by atoms with Crippen LogP contribution in [-0.2, 0) is 9.84 Å². The number of hydrogen-bond acceptors (Lipinski definition) is 3. The Morgan fingerprint density at radius 1 is 1.56 bits per heavy atom.